The van der Waals surface area contributed by atoms with E-state index in [0.29, 0.717) is 6.54 Å². The lowest BCUT2D eigenvalue weighted by atomic mass is 9.95. The van der Waals surface area contributed by atoms with Gasteiger partial charge in [-0.1, -0.05) is 122 Å². The van der Waals surface area contributed by atoms with Crippen molar-refractivity contribution >= 4 is 50.1 Å². The third-order valence-corrected chi connectivity index (χ3v) is 9.69. The Morgan fingerprint density at radius 1 is 0.491 bits per heavy atom. The van der Waals surface area contributed by atoms with Crippen molar-refractivity contribution in [3.05, 3.63) is 182 Å². The maximum atomic E-state index is 5.91. The lowest BCUT2D eigenvalue weighted by Gasteiger charge is -2.28. The predicted molar refractivity (Wildman–Crippen MR) is 226 cm³/mol. The molecule has 0 unspecified atom stereocenters. The molecule has 0 amide bonds. The van der Waals surface area contributed by atoms with Crippen molar-refractivity contribution < 1.29 is 0 Å². The molecule has 0 bridgehead atoms. The summed E-state index contributed by atoms with van der Waals surface area (Å²) in [6.45, 7) is 1.53. The van der Waals surface area contributed by atoms with Crippen LogP contribution in [-0.4, -0.2) is 18.1 Å². The molecule has 0 spiro atoms. The Morgan fingerprint density at radius 3 is 1.89 bits per heavy atom. The van der Waals surface area contributed by atoms with Gasteiger partial charge in [0, 0.05) is 46.3 Å². The maximum absolute atomic E-state index is 5.91. The minimum Gasteiger partial charge on any atom is -0.341 e. The Kier molecular flexibility index (Phi) is 10.2. The van der Waals surface area contributed by atoms with Gasteiger partial charge < -0.3 is 15.5 Å². The molecule has 8 aromatic rings. The quantitative estimate of drug-likeness (QED) is 0.155. The first-order valence-electron chi connectivity index (χ1n) is 18.7. The molecule has 0 aliphatic heterocycles. The van der Waals surface area contributed by atoms with Crippen LogP contribution in [0.3, 0.4) is 0 Å². The monoisotopic (exact) mass is 688 g/mol. The van der Waals surface area contributed by atoms with Crippen molar-refractivity contribution in [1.82, 2.24) is 4.98 Å². The summed E-state index contributed by atoms with van der Waals surface area (Å²) in [6, 6.07) is 62.8. The van der Waals surface area contributed by atoms with E-state index in [1.165, 1.54) is 52.4 Å². The smallest absolute Gasteiger partial charge is 0.0702 e. The average molecular weight is 689 g/mol. The van der Waals surface area contributed by atoms with Gasteiger partial charge in [0.15, 0.2) is 0 Å². The molecule has 1 aromatic heterocycles. The summed E-state index contributed by atoms with van der Waals surface area (Å²) < 4.78 is 0. The maximum Gasteiger partial charge on any atom is 0.0702 e. The van der Waals surface area contributed by atoms with Crippen LogP contribution in [0.1, 0.15) is 25.7 Å². The summed E-state index contributed by atoms with van der Waals surface area (Å²) in [5.41, 5.74) is 17.3. The number of para-hydroxylation sites is 2. The van der Waals surface area contributed by atoms with E-state index in [2.05, 4.69) is 185 Å². The molecule has 0 saturated heterocycles. The Morgan fingerprint density at radius 2 is 1.15 bits per heavy atom. The number of anilines is 5. The number of nitrogens with two attached hydrogens (primary N) is 1. The normalized spacial score (nSPS) is 11.9. The highest BCUT2D eigenvalue weighted by molar-refractivity contribution is 6.07. The summed E-state index contributed by atoms with van der Waals surface area (Å²) >= 11 is 0. The predicted octanol–water partition coefficient (Wildman–Crippen LogP) is 12.8. The fourth-order valence-corrected chi connectivity index (χ4v) is 6.90. The topological polar surface area (TPSA) is 45.4 Å². The van der Waals surface area contributed by atoms with Crippen LogP contribution < -0.4 is 15.5 Å². The zero-order valence-corrected chi connectivity index (χ0v) is 30.0. The van der Waals surface area contributed by atoms with Gasteiger partial charge >= 0.3 is 0 Å². The van der Waals surface area contributed by atoms with Crippen molar-refractivity contribution in [2.24, 2.45) is 5.73 Å². The molecule has 4 heteroatoms. The minimum absolute atomic E-state index is 0.658. The second-order valence-electron chi connectivity index (χ2n) is 13.5. The third-order valence-electron chi connectivity index (χ3n) is 9.69. The van der Waals surface area contributed by atoms with Crippen LogP contribution in [0.5, 0.6) is 0 Å². The molecule has 1 saturated carbocycles. The van der Waals surface area contributed by atoms with E-state index in [-0.39, 0.29) is 0 Å². The summed E-state index contributed by atoms with van der Waals surface area (Å²) in [4.78, 5) is 9.25. The van der Waals surface area contributed by atoms with E-state index in [4.69, 9.17) is 5.73 Å². The van der Waals surface area contributed by atoms with Crippen LogP contribution in [0.2, 0.25) is 0 Å². The first-order chi connectivity index (χ1) is 26.3. The molecule has 1 aliphatic carbocycles. The SMILES string of the molecule is C1CC1.NCCCN(c1ccccc1)c1ccc(-c2cccc(N(c3ccccc3)c3ccc(-c4ccc5ncccc5c4)c4ccccc34)c2)cc1. The van der Waals surface area contributed by atoms with Crippen molar-refractivity contribution in [3.63, 3.8) is 0 Å². The molecule has 9 rings (SSSR count). The molecular weight excluding hydrogens is 645 g/mol. The summed E-state index contributed by atoms with van der Waals surface area (Å²) in [5.74, 6) is 0. The molecule has 7 aromatic carbocycles. The zero-order valence-electron chi connectivity index (χ0n) is 30.0. The summed E-state index contributed by atoms with van der Waals surface area (Å²) in [7, 11) is 0. The lowest BCUT2D eigenvalue weighted by Crippen LogP contribution is -2.20. The van der Waals surface area contributed by atoms with Gasteiger partial charge in [-0.25, -0.2) is 0 Å². The molecule has 260 valence electrons. The molecule has 1 aliphatic rings. The van der Waals surface area contributed by atoms with E-state index in [1.807, 2.05) is 12.3 Å². The van der Waals surface area contributed by atoms with Crippen molar-refractivity contribution in [1.29, 1.82) is 0 Å². The van der Waals surface area contributed by atoms with Gasteiger partial charge in [0.2, 0.25) is 0 Å². The van der Waals surface area contributed by atoms with E-state index in [9.17, 15) is 0 Å². The van der Waals surface area contributed by atoms with Gasteiger partial charge in [-0.05, 0) is 113 Å². The van der Waals surface area contributed by atoms with Crippen molar-refractivity contribution in [2.75, 3.05) is 22.9 Å². The van der Waals surface area contributed by atoms with Crippen LogP contribution in [0.4, 0.5) is 28.4 Å². The Labute approximate surface area is 312 Å². The number of hydrogen-bond donors (Lipinski definition) is 1. The summed E-state index contributed by atoms with van der Waals surface area (Å²) in [6.07, 6.45) is 7.27. The number of hydrogen-bond acceptors (Lipinski definition) is 4. The van der Waals surface area contributed by atoms with Gasteiger partial charge in [-0.15, -0.1) is 0 Å². The van der Waals surface area contributed by atoms with Crippen LogP contribution in [0.25, 0.3) is 43.9 Å². The molecule has 1 heterocycles. The molecule has 0 radical (unpaired) electrons. The number of benzene rings is 7. The van der Waals surface area contributed by atoms with Crippen LogP contribution >= 0.6 is 0 Å². The van der Waals surface area contributed by atoms with Gasteiger partial charge in [0.25, 0.3) is 0 Å². The standard InChI is InChI=1S/C46H38N4.C3H6/c47-29-11-31-49(38-14-3-1-4-15-38)39-24-21-34(22-25-39)35-12-9-18-41(33-35)50(40-16-5-2-6-17-40)46-28-26-42(43-19-7-8-20-44(43)46)36-23-27-45-37(32-36)13-10-30-48-45;1-2-3-1/h1-10,12-28,30,32-33H,11,29,31,47H2;1-3H2. The first-order valence-corrected chi connectivity index (χ1v) is 18.7. The van der Waals surface area contributed by atoms with Crippen LogP contribution in [0.15, 0.2) is 182 Å². The number of nitrogens with zero attached hydrogens (tertiary/aromatic N) is 3. The number of rotatable bonds is 10. The highest BCUT2D eigenvalue weighted by atomic mass is 15.1. The Hall–Kier alpha value is -6.23. The molecule has 1 fully saturated rings. The second-order valence-corrected chi connectivity index (χ2v) is 13.5. The lowest BCUT2D eigenvalue weighted by molar-refractivity contribution is 0.818. The highest BCUT2D eigenvalue weighted by Crippen LogP contribution is 2.43. The van der Waals surface area contributed by atoms with Gasteiger partial charge in [0.1, 0.15) is 0 Å². The fourth-order valence-electron chi connectivity index (χ4n) is 6.90. The van der Waals surface area contributed by atoms with E-state index < -0.39 is 0 Å². The summed E-state index contributed by atoms with van der Waals surface area (Å²) in [5, 5.41) is 3.53. The highest BCUT2D eigenvalue weighted by Gasteiger charge is 2.18. The molecule has 2 N–H and O–H groups in total. The molecule has 0 atom stereocenters. The Bertz CT molecular complexity index is 2420. The molecule has 53 heavy (non-hydrogen) atoms. The zero-order chi connectivity index (χ0) is 35.8. The first kappa shape index (κ1) is 33.9. The van der Waals surface area contributed by atoms with Gasteiger partial charge in [0.05, 0.1) is 11.2 Å². The number of fused-ring (bicyclic) bond motifs is 2. The molecule has 4 nitrogen and oxygen atoms in total. The number of aromatic nitrogens is 1. The van der Waals surface area contributed by atoms with Gasteiger partial charge in [-0.2, -0.15) is 0 Å². The minimum atomic E-state index is 0.658. The van der Waals surface area contributed by atoms with E-state index in [0.717, 1.165) is 52.2 Å². The second kappa shape index (κ2) is 16.0. The van der Waals surface area contributed by atoms with Crippen LogP contribution in [-0.2, 0) is 0 Å². The van der Waals surface area contributed by atoms with Crippen molar-refractivity contribution in [2.45, 2.75) is 25.7 Å². The number of pyridine rings is 1. The largest absolute Gasteiger partial charge is 0.341 e. The van der Waals surface area contributed by atoms with E-state index in [1.54, 1.807) is 0 Å². The fraction of sp³-hybridized carbons (Fsp3) is 0.122. The van der Waals surface area contributed by atoms with Crippen LogP contribution in [0, 0.1) is 0 Å². The third kappa shape index (κ3) is 7.69. The molecular formula is C49H44N4. The van der Waals surface area contributed by atoms with Crippen molar-refractivity contribution in [3.8, 4) is 22.3 Å². The van der Waals surface area contributed by atoms with E-state index >= 15 is 0 Å². The Balaban J connectivity index is 0.00000127. The van der Waals surface area contributed by atoms with Gasteiger partial charge in [-0.3, -0.25) is 4.98 Å². The average Bonchev–Trinajstić information content (AvgIpc) is 4.13.